The maximum atomic E-state index is 12.3. The summed E-state index contributed by atoms with van der Waals surface area (Å²) >= 11 is 0. The average Bonchev–Trinajstić information content (AvgIpc) is 2.48. The Kier molecular flexibility index (Phi) is 3.75. The number of ketones is 1. The number of nitrogens with zero attached hydrogens (tertiary/aromatic N) is 1. The molecule has 2 rings (SSSR count). The molecule has 21 heavy (non-hydrogen) atoms. The number of aromatic hydroxyl groups is 1. The molecule has 0 fully saturated rings. The zero-order chi connectivity index (χ0) is 15.6. The summed E-state index contributed by atoms with van der Waals surface area (Å²) in [6, 6.07) is 7.91. The third-order valence-electron chi connectivity index (χ3n) is 2.93. The third-order valence-corrected chi connectivity index (χ3v) is 2.93. The SMILES string of the molecule is COc1cc(C(=O)c2ccc(O)c(N)c2)ccc1[N+](=O)[O-]. The van der Waals surface area contributed by atoms with Gasteiger partial charge in [-0.05, 0) is 30.3 Å². The Bertz CT molecular complexity index is 727. The van der Waals surface area contributed by atoms with Crippen LogP contribution in [0.2, 0.25) is 0 Å². The molecule has 2 aromatic rings. The van der Waals surface area contributed by atoms with E-state index in [2.05, 4.69) is 0 Å². The first-order chi connectivity index (χ1) is 9.93. The monoisotopic (exact) mass is 288 g/mol. The molecule has 0 unspecified atom stereocenters. The van der Waals surface area contributed by atoms with Crippen molar-refractivity contribution < 1.29 is 19.6 Å². The summed E-state index contributed by atoms with van der Waals surface area (Å²) in [4.78, 5) is 22.5. The Hall–Kier alpha value is -3.09. The van der Waals surface area contributed by atoms with Gasteiger partial charge in [-0.15, -0.1) is 0 Å². The predicted molar refractivity (Wildman–Crippen MR) is 75.6 cm³/mol. The molecule has 108 valence electrons. The van der Waals surface area contributed by atoms with Crippen molar-refractivity contribution in [1.82, 2.24) is 0 Å². The summed E-state index contributed by atoms with van der Waals surface area (Å²) in [5, 5.41) is 20.2. The topological polar surface area (TPSA) is 116 Å². The van der Waals surface area contributed by atoms with Gasteiger partial charge in [0.2, 0.25) is 0 Å². The maximum Gasteiger partial charge on any atom is 0.310 e. The van der Waals surface area contributed by atoms with Crippen LogP contribution in [0.15, 0.2) is 36.4 Å². The van der Waals surface area contributed by atoms with Gasteiger partial charge in [0.25, 0.3) is 0 Å². The van der Waals surface area contributed by atoms with Gasteiger partial charge in [-0.2, -0.15) is 0 Å². The molecule has 0 aliphatic rings. The summed E-state index contributed by atoms with van der Waals surface area (Å²) < 4.78 is 4.92. The van der Waals surface area contributed by atoms with Crippen molar-refractivity contribution in [2.45, 2.75) is 0 Å². The number of hydrogen-bond acceptors (Lipinski definition) is 6. The molecule has 0 aromatic heterocycles. The molecule has 7 heteroatoms. The van der Waals surface area contributed by atoms with Gasteiger partial charge in [0.1, 0.15) is 5.75 Å². The van der Waals surface area contributed by atoms with E-state index in [0.29, 0.717) is 0 Å². The van der Waals surface area contributed by atoms with Gasteiger partial charge in [-0.1, -0.05) is 0 Å². The first kappa shape index (κ1) is 14.3. The number of carbonyl (C=O) groups is 1. The van der Waals surface area contributed by atoms with Crippen molar-refractivity contribution in [3.8, 4) is 11.5 Å². The Morgan fingerprint density at radius 1 is 1.24 bits per heavy atom. The minimum absolute atomic E-state index is 0.00222. The number of rotatable bonds is 4. The molecular formula is C14H12N2O5. The summed E-state index contributed by atoms with van der Waals surface area (Å²) in [6.45, 7) is 0. The average molecular weight is 288 g/mol. The van der Waals surface area contributed by atoms with Crippen LogP contribution in [0.25, 0.3) is 0 Å². The number of phenols is 1. The second-order valence-electron chi connectivity index (χ2n) is 4.25. The Morgan fingerprint density at radius 2 is 1.86 bits per heavy atom. The second kappa shape index (κ2) is 5.49. The van der Waals surface area contributed by atoms with Crippen molar-refractivity contribution in [2.24, 2.45) is 0 Å². The number of nitrogen functional groups attached to an aromatic ring is 1. The highest BCUT2D eigenvalue weighted by Gasteiger charge is 2.18. The number of hydrogen-bond donors (Lipinski definition) is 2. The fourth-order valence-corrected chi connectivity index (χ4v) is 1.83. The summed E-state index contributed by atoms with van der Waals surface area (Å²) in [5.41, 5.74) is 5.89. The largest absolute Gasteiger partial charge is 0.506 e. The first-order valence-electron chi connectivity index (χ1n) is 5.89. The Labute approximate surface area is 119 Å². The van der Waals surface area contributed by atoms with Crippen LogP contribution in [-0.4, -0.2) is 22.9 Å². The Morgan fingerprint density at radius 3 is 2.43 bits per heavy atom. The highest BCUT2D eigenvalue weighted by Crippen LogP contribution is 2.29. The van der Waals surface area contributed by atoms with Crippen LogP contribution in [0.4, 0.5) is 11.4 Å². The first-order valence-corrected chi connectivity index (χ1v) is 5.89. The van der Waals surface area contributed by atoms with Crippen LogP contribution in [0.3, 0.4) is 0 Å². The molecule has 0 radical (unpaired) electrons. The number of nitro benzene ring substituents is 1. The Balaban J connectivity index is 2.43. The van der Waals surface area contributed by atoms with Gasteiger partial charge in [0.15, 0.2) is 11.5 Å². The highest BCUT2D eigenvalue weighted by atomic mass is 16.6. The number of methoxy groups -OCH3 is 1. The van der Waals surface area contributed by atoms with E-state index in [1.807, 2.05) is 0 Å². The number of anilines is 1. The lowest BCUT2D eigenvalue weighted by Gasteiger charge is -2.06. The second-order valence-corrected chi connectivity index (χ2v) is 4.25. The predicted octanol–water partition coefficient (Wildman–Crippen LogP) is 2.12. The quantitative estimate of drug-likeness (QED) is 0.293. The lowest BCUT2D eigenvalue weighted by molar-refractivity contribution is -0.385. The molecule has 0 saturated carbocycles. The number of ether oxygens (including phenoxy) is 1. The molecule has 0 heterocycles. The van der Waals surface area contributed by atoms with Gasteiger partial charge >= 0.3 is 5.69 Å². The van der Waals surface area contributed by atoms with Crippen LogP contribution in [0, 0.1) is 10.1 Å². The van der Waals surface area contributed by atoms with E-state index in [0.717, 1.165) is 0 Å². The molecule has 0 bridgehead atoms. The van der Waals surface area contributed by atoms with E-state index >= 15 is 0 Å². The van der Waals surface area contributed by atoms with Gasteiger partial charge in [0.05, 0.1) is 17.7 Å². The standard InChI is InChI=1S/C14H12N2O5/c1-21-13-7-9(2-4-11(13)16(19)20)14(18)8-3-5-12(17)10(15)6-8/h2-7,17H,15H2,1H3. The molecule has 2 aromatic carbocycles. The van der Waals surface area contributed by atoms with Crippen LogP contribution < -0.4 is 10.5 Å². The molecule has 0 amide bonds. The molecule has 0 spiro atoms. The normalized spacial score (nSPS) is 10.1. The van der Waals surface area contributed by atoms with E-state index in [-0.39, 0.29) is 39.8 Å². The van der Waals surface area contributed by atoms with Gasteiger partial charge in [-0.25, -0.2) is 0 Å². The van der Waals surface area contributed by atoms with E-state index < -0.39 is 4.92 Å². The van der Waals surface area contributed by atoms with Crippen molar-refractivity contribution in [3.05, 3.63) is 57.6 Å². The molecule has 0 atom stereocenters. The van der Waals surface area contributed by atoms with Crippen molar-refractivity contribution in [3.63, 3.8) is 0 Å². The van der Waals surface area contributed by atoms with E-state index in [1.54, 1.807) is 0 Å². The van der Waals surface area contributed by atoms with Crippen LogP contribution in [-0.2, 0) is 0 Å². The van der Waals surface area contributed by atoms with Crippen molar-refractivity contribution in [1.29, 1.82) is 0 Å². The minimum atomic E-state index is -0.592. The van der Waals surface area contributed by atoms with Gasteiger partial charge < -0.3 is 15.6 Å². The highest BCUT2D eigenvalue weighted by molar-refractivity contribution is 6.10. The van der Waals surface area contributed by atoms with Gasteiger partial charge in [-0.3, -0.25) is 14.9 Å². The molecular weight excluding hydrogens is 276 g/mol. The fraction of sp³-hybridized carbons (Fsp3) is 0.0714. The third kappa shape index (κ3) is 2.76. The summed E-state index contributed by atoms with van der Waals surface area (Å²) in [6.07, 6.45) is 0. The fourth-order valence-electron chi connectivity index (χ4n) is 1.83. The lowest BCUT2D eigenvalue weighted by atomic mass is 10.0. The van der Waals surface area contributed by atoms with Crippen LogP contribution >= 0.6 is 0 Å². The summed E-state index contributed by atoms with van der Waals surface area (Å²) in [7, 11) is 1.29. The molecule has 0 saturated heterocycles. The van der Waals surface area contributed by atoms with Crippen molar-refractivity contribution in [2.75, 3.05) is 12.8 Å². The van der Waals surface area contributed by atoms with Crippen molar-refractivity contribution >= 4 is 17.2 Å². The smallest absolute Gasteiger partial charge is 0.310 e. The van der Waals surface area contributed by atoms with Crippen LogP contribution in [0.1, 0.15) is 15.9 Å². The van der Waals surface area contributed by atoms with E-state index in [1.165, 1.54) is 43.5 Å². The maximum absolute atomic E-state index is 12.3. The zero-order valence-electron chi connectivity index (χ0n) is 11.1. The number of carbonyl (C=O) groups excluding carboxylic acids is 1. The lowest BCUT2D eigenvalue weighted by Crippen LogP contribution is -2.04. The number of nitro groups is 1. The molecule has 0 aliphatic heterocycles. The number of nitrogens with two attached hydrogens (primary N) is 1. The van der Waals surface area contributed by atoms with E-state index in [4.69, 9.17) is 10.5 Å². The minimum Gasteiger partial charge on any atom is -0.506 e. The van der Waals surface area contributed by atoms with Crippen LogP contribution in [0.5, 0.6) is 11.5 Å². The number of benzene rings is 2. The molecule has 7 nitrogen and oxygen atoms in total. The van der Waals surface area contributed by atoms with E-state index in [9.17, 15) is 20.0 Å². The number of phenolic OH excluding ortho intramolecular Hbond substituents is 1. The molecule has 0 aliphatic carbocycles. The zero-order valence-corrected chi connectivity index (χ0v) is 11.1. The van der Waals surface area contributed by atoms with Gasteiger partial charge in [0, 0.05) is 17.2 Å². The summed E-state index contributed by atoms with van der Waals surface area (Å²) in [5.74, 6) is -0.500. The molecule has 3 N–H and O–H groups in total.